The highest BCUT2D eigenvalue weighted by Gasteiger charge is 2.21. The molecule has 1 aliphatic heterocycles. The van der Waals surface area contributed by atoms with Gasteiger partial charge in [-0.2, -0.15) is 0 Å². The topological polar surface area (TPSA) is 133 Å². The van der Waals surface area contributed by atoms with Gasteiger partial charge in [-0.25, -0.2) is 17.9 Å². The van der Waals surface area contributed by atoms with Crippen LogP contribution in [0.15, 0.2) is 20.7 Å². The maximum absolute atomic E-state index is 11.9. The lowest BCUT2D eigenvalue weighted by molar-refractivity contribution is 0.0784. The first-order valence-electron chi connectivity index (χ1n) is 5.62. The van der Waals surface area contributed by atoms with Crippen molar-refractivity contribution < 1.29 is 13.2 Å². The van der Waals surface area contributed by atoms with E-state index in [1.165, 1.54) is 0 Å². The van der Waals surface area contributed by atoms with Gasteiger partial charge in [-0.3, -0.25) is 9.78 Å². The Morgan fingerprint density at radius 1 is 1.42 bits per heavy atom. The Bertz CT molecular complexity index is 643. The molecule has 1 fully saturated rings. The van der Waals surface area contributed by atoms with Gasteiger partial charge in [0.15, 0.2) is 4.90 Å². The van der Waals surface area contributed by atoms with Gasteiger partial charge in [0.1, 0.15) is 0 Å². The summed E-state index contributed by atoms with van der Waals surface area (Å²) < 4.78 is 31.2. The Labute approximate surface area is 108 Å². The molecule has 2 heterocycles. The molecule has 106 valence electrons. The van der Waals surface area contributed by atoms with Gasteiger partial charge < -0.3 is 15.0 Å². The minimum Gasteiger partial charge on any atom is -0.378 e. The Kier molecular flexibility index (Phi) is 4.14. The number of aromatic amines is 2. The van der Waals surface area contributed by atoms with E-state index in [2.05, 4.69) is 15.0 Å². The molecule has 0 aromatic carbocycles. The van der Waals surface area contributed by atoms with Gasteiger partial charge in [-0.15, -0.1) is 0 Å². The highest BCUT2D eigenvalue weighted by molar-refractivity contribution is 7.89. The number of hydrogen-bond donors (Lipinski definition) is 4. The van der Waals surface area contributed by atoms with Crippen LogP contribution in [-0.2, 0) is 14.8 Å². The second-order valence-electron chi connectivity index (χ2n) is 4.01. The van der Waals surface area contributed by atoms with Crippen LogP contribution in [0.25, 0.3) is 0 Å². The predicted molar refractivity (Wildman–Crippen MR) is 65.5 cm³/mol. The summed E-state index contributed by atoms with van der Waals surface area (Å²) in [6.45, 7) is 1.72. The summed E-state index contributed by atoms with van der Waals surface area (Å²) in [7, 11) is -3.97. The van der Waals surface area contributed by atoms with E-state index in [0.29, 0.717) is 19.8 Å². The van der Waals surface area contributed by atoms with E-state index in [9.17, 15) is 18.0 Å². The average molecular weight is 290 g/mol. The van der Waals surface area contributed by atoms with E-state index in [4.69, 9.17) is 4.74 Å². The SMILES string of the molecule is O=c1[nH]cc(S(=O)(=O)NCC2COCCN2)c(=O)[nH]1. The van der Waals surface area contributed by atoms with Gasteiger partial charge in [0, 0.05) is 25.3 Å². The molecule has 1 aromatic heterocycles. The Hall–Kier alpha value is -1.49. The van der Waals surface area contributed by atoms with E-state index in [1.807, 2.05) is 4.98 Å². The number of ether oxygens (including phenoxy) is 1. The van der Waals surface area contributed by atoms with Crippen molar-refractivity contribution in [2.45, 2.75) is 10.9 Å². The molecule has 0 saturated carbocycles. The lowest BCUT2D eigenvalue weighted by Gasteiger charge is -2.23. The fourth-order valence-electron chi connectivity index (χ4n) is 1.64. The largest absolute Gasteiger partial charge is 0.378 e. The minimum atomic E-state index is -3.97. The summed E-state index contributed by atoms with van der Waals surface area (Å²) in [5.41, 5.74) is -1.71. The molecule has 1 unspecified atom stereocenters. The summed E-state index contributed by atoms with van der Waals surface area (Å²) >= 11 is 0. The predicted octanol–water partition coefficient (Wildman–Crippen LogP) is -2.67. The van der Waals surface area contributed by atoms with E-state index in [1.54, 1.807) is 0 Å². The summed E-state index contributed by atoms with van der Waals surface area (Å²) in [5.74, 6) is 0. The van der Waals surface area contributed by atoms with Gasteiger partial charge in [0.05, 0.1) is 13.2 Å². The Balaban J connectivity index is 2.09. The third-order valence-corrected chi connectivity index (χ3v) is 4.02. The summed E-state index contributed by atoms with van der Waals surface area (Å²) in [4.78, 5) is 25.7. The number of morpholine rings is 1. The van der Waals surface area contributed by atoms with Crippen LogP contribution in [0.3, 0.4) is 0 Å². The molecular weight excluding hydrogens is 276 g/mol. The maximum Gasteiger partial charge on any atom is 0.325 e. The molecule has 1 aliphatic rings. The second kappa shape index (κ2) is 5.65. The summed E-state index contributed by atoms with van der Waals surface area (Å²) in [6.07, 6.45) is 0.869. The smallest absolute Gasteiger partial charge is 0.325 e. The van der Waals surface area contributed by atoms with Gasteiger partial charge in [-0.05, 0) is 0 Å². The summed E-state index contributed by atoms with van der Waals surface area (Å²) in [5, 5.41) is 3.07. The quantitative estimate of drug-likeness (QED) is 0.478. The van der Waals surface area contributed by atoms with Gasteiger partial charge >= 0.3 is 5.69 Å². The standard InChI is InChI=1S/C9H14N4O5S/c14-8-7(4-11-9(15)13-8)19(16,17)12-3-6-5-18-2-1-10-6/h4,6,10,12H,1-3,5H2,(H2,11,13,14,15). The zero-order chi connectivity index (χ0) is 13.9. The van der Waals surface area contributed by atoms with Crippen molar-refractivity contribution in [1.29, 1.82) is 0 Å². The number of hydrogen-bond acceptors (Lipinski definition) is 6. The molecule has 9 nitrogen and oxygen atoms in total. The lowest BCUT2D eigenvalue weighted by Crippen LogP contribution is -2.48. The molecule has 1 aromatic rings. The number of aromatic nitrogens is 2. The molecule has 1 saturated heterocycles. The first kappa shape index (κ1) is 13.9. The van der Waals surface area contributed by atoms with Crippen molar-refractivity contribution in [2.24, 2.45) is 0 Å². The molecular formula is C9H14N4O5S. The third kappa shape index (κ3) is 3.50. The van der Waals surface area contributed by atoms with Crippen molar-refractivity contribution in [1.82, 2.24) is 20.0 Å². The molecule has 0 spiro atoms. The molecule has 2 rings (SSSR count). The number of sulfonamides is 1. The molecule has 10 heteroatoms. The van der Waals surface area contributed by atoms with Crippen molar-refractivity contribution in [3.05, 3.63) is 27.0 Å². The Morgan fingerprint density at radius 3 is 2.84 bits per heavy atom. The monoisotopic (exact) mass is 290 g/mol. The van der Waals surface area contributed by atoms with E-state index in [0.717, 1.165) is 6.20 Å². The van der Waals surface area contributed by atoms with E-state index < -0.39 is 26.2 Å². The van der Waals surface area contributed by atoms with E-state index in [-0.39, 0.29) is 12.6 Å². The third-order valence-electron chi connectivity index (χ3n) is 2.59. The number of rotatable bonds is 4. The maximum atomic E-state index is 11.9. The van der Waals surface area contributed by atoms with Crippen LogP contribution in [0.2, 0.25) is 0 Å². The van der Waals surface area contributed by atoms with Crippen LogP contribution in [-0.4, -0.2) is 50.7 Å². The van der Waals surface area contributed by atoms with Gasteiger partial charge in [0.2, 0.25) is 10.0 Å². The normalized spacial score (nSPS) is 20.3. The first-order chi connectivity index (χ1) is 8.99. The molecule has 1 atom stereocenters. The fraction of sp³-hybridized carbons (Fsp3) is 0.556. The molecule has 0 aliphatic carbocycles. The average Bonchev–Trinajstić information content (AvgIpc) is 2.37. The minimum absolute atomic E-state index is 0.0981. The van der Waals surface area contributed by atoms with Crippen LogP contribution in [0.4, 0.5) is 0 Å². The second-order valence-corrected chi connectivity index (χ2v) is 5.75. The molecule has 4 N–H and O–H groups in total. The molecule has 0 amide bonds. The van der Waals surface area contributed by atoms with Crippen molar-refractivity contribution in [3.63, 3.8) is 0 Å². The zero-order valence-electron chi connectivity index (χ0n) is 9.93. The van der Waals surface area contributed by atoms with E-state index >= 15 is 0 Å². The van der Waals surface area contributed by atoms with Crippen molar-refractivity contribution in [2.75, 3.05) is 26.3 Å². The molecule has 0 radical (unpaired) electrons. The van der Waals surface area contributed by atoms with Crippen LogP contribution >= 0.6 is 0 Å². The lowest BCUT2D eigenvalue weighted by atomic mass is 10.3. The van der Waals surface area contributed by atoms with Crippen LogP contribution < -0.4 is 21.3 Å². The summed E-state index contributed by atoms with van der Waals surface area (Å²) in [6, 6.07) is -0.148. The number of nitrogens with one attached hydrogen (secondary N) is 4. The zero-order valence-corrected chi connectivity index (χ0v) is 10.7. The fourth-order valence-corrected chi connectivity index (χ4v) is 2.72. The molecule has 19 heavy (non-hydrogen) atoms. The molecule has 0 bridgehead atoms. The van der Waals surface area contributed by atoms with Gasteiger partial charge in [-0.1, -0.05) is 0 Å². The van der Waals surface area contributed by atoms with Gasteiger partial charge in [0.25, 0.3) is 5.56 Å². The highest BCUT2D eigenvalue weighted by Crippen LogP contribution is 1.99. The first-order valence-corrected chi connectivity index (χ1v) is 7.10. The van der Waals surface area contributed by atoms with Crippen molar-refractivity contribution in [3.8, 4) is 0 Å². The van der Waals surface area contributed by atoms with Crippen LogP contribution in [0.1, 0.15) is 0 Å². The van der Waals surface area contributed by atoms with Crippen LogP contribution in [0, 0.1) is 0 Å². The van der Waals surface area contributed by atoms with Crippen LogP contribution in [0.5, 0.6) is 0 Å². The number of H-pyrrole nitrogens is 2. The van der Waals surface area contributed by atoms with Crippen molar-refractivity contribution >= 4 is 10.0 Å². The highest BCUT2D eigenvalue weighted by atomic mass is 32.2. The Morgan fingerprint density at radius 2 is 2.21 bits per heavy atom.